The minimum absolute atomic E-state index is 0.0658. The number of allylic oxidation sites excluding steroid dienone is 1. The summed E-state index contributed by atoms with van der Waals surface area (Å²) in [4.78, 5) is 12.9. The monoisotopic (exact) mass is 305 g/mol. The third kappa shape index (κ3) is 1.84. The maximum atomic E-state index is 12.9. The number of anilines is 1. The Kier molecular flexibility index (Phi) is 2.96. The molecule has 2 nitrogen and oxygen atoms in total. The van der Waals surface area contributed by atoms with Crippen LogP contribution in [0.4, 0.5) is 5.69 Å². The van der Waals surface area contributed by atoms with Crippen LogP contribution in [0.25, 0.3) is 10.8 Å². The summed E-state index contributed by atoms with van der Waals surface area (Å²) in [5, 5.41) is 5.82. The molecule has 118 valence electrons. The van der Waals surface area contributed by atoms with Gasteiger partial charge in [0.15, 0.2) is 5.78 Å². The zero-order valence-electron chi connectivity index (χ0n) is 14.0. The number of carbonyl (C=O) groups excluding carboxylic acids is 1. The van der Waals surface area contributed by atoms with E-state index in [0.29, 0.717) is 11.7 Å². The molecule has 2 saturated carbocycles. The number of hydrogen-bond acceptors (Lipinski definition) is 2. The average molecular weight is 305 g/mol. The Morgan fingerprint density at radius 2 is 1.83 bits per heavy atom. The highest BCUT2D eigenvalue weighted by atomic mass is 16.1. The van der Waals surface area contributed by atoms with Gasteiger partial charge in [-0.2, -0.15) is 0 Å². The lowest BCUT2D eigenvalue weighted by molar-refractivity contribution is -0.125. The smallest absolute Gasteiger partial charge is 0.167 e. The van der Waals surface area contributed by atoms with Crippen LogP contribution in [0.3, 0.4) is 0 Å². The Balaban J connectivity index is 1.71. The van der Waals surface area contributed by atoms with E-state index >= 15 is 0 Å². The number of nitrogens with one attached hydrogen (secondary N) is 1. The lowest BCUT2D eigenvalue weighted by atomic mass is 9.70. The van der Waals surface area contributed by atoms with Crippen molar-refractivity contribution in [1.29, 1.82) is 0 Å². The zero-order chi connectivity index (χ0) is 16.2. The van der Waals surface area contributed by atoms with Gasteiger partial charge < -0.3 is 5.32 Å². The number of rotatable bonds is 2. The summed E-state index contributed by atoms with van der Waals surface area (Å²) in [6.07, 6.45) is 4.12. The van der Waals surface area contributed by atoms with Crippen molar-refractivity contribution in [3.8, 4) is 0 Å². The molecule has 0 saturated heterocycles. The van der Waals surface area contributed by atoms with Crippen molar-refractivity contribution in [3.63, 3.8) is 0 Å². The third-order valence-electron chi connectivity index (χ3n) is 6.54. The zero-order valence-corrected chi connectivity index (χ0v) is 14.0. The van der Waals surface area contributed by atoms with Gasteiger partial charge in [0.2, 0.25) is 0 Å². The fourth-order valence-corrected chi connectivity index (χ4v) is 4.60. The molecule has 2 bridgehead atoms. The predicted octanol–water partition coefficient (Wildman–Crippen LogP) is 5.16. The van der Waals surface area contributed by atoms with E-state index in [-0.39, 0.29) is 10.8 Å². The molecule has 2 aliphatic carbocycles. The van der Waals surface area contributed by atoms with E-state index in [9.17, 15) is 4.79 Å². The second kappa shape index (κ2) is 4.70. The Hall–Kier alpha value is -2.09. The standard InChI is InChI=1S/C21H23NO/c1-20(2)17-11-12-21(20,3)19(23)16(17)13-22-18-10-6-8-14-7-4-5-9-15(14)18/h4-10,13,17,22H,11-12H2,1-3H3/b16-13+. The molecule has 2 aliphatic rings. The molecule has 2 aromatic rings. The van der Waals surface area contributed by atoms with Crippen molar-refractivity contribution in [1.82, 2.24) is 0 Å². The first-order chi connectivity index (χ1) is 10.9. The quantitative estimate of drug-likeness (QED) is 0.776. The molecule has 2 aromatic carbocycles. The van der Waals surface area contributed by atoms with Gasteiger partial charge in [0.05, 0.1) is 0 Å². The van der Waals surface area contributed by atoms with E-state index in [2.05, 4.69) is 56.4 Å². The van der Waals surface area contributed by atoms with Crippen molar-refractivity contribution < 1.29 is 4.79 Å². The van der Waals surface area contributed by atoms with Crippen LogP contribution in [0.2, 0.25) is 0 Å². The van der Waals surface area contributed by atoms with Crippen LogP contribution < -0.4 is 5.32 Å². The third-order valence-corrected chi connectivity index (χ3v) is 6.54. The number of ketones is 1. The van der Waals surface area contributed by atoms with Gasteiger partial charge in [-0.25, -0.2) is 0 Å². The molecule has 2 unspecified atom stereocenters. The Morgan fingerprint density at radius 3 is 2.57 bits per heavy atom. The van der Waals surface area contributed by atoms with Crippen molar-refractivity contribution in [3.05, 3.63) is 54.2 Å². The molecule has 0 radical (unpaired) electrons. The van der Waals surface area contributed by atoms with E-state index in [1.54, 1.807) is 0 Å². The first-order valence-corrected chi connectivity index (χ1v) is 8.44. The maximum Gasteiger partial charge on any atom is 0.167 e. The van der Waals surface area contributed by atoms with Crippen LogP contribution in [0, 0.1) is 16.7 Å². The van der Waals surface area contributed by atoms with Crippen molar-refractivity contribution in [2.75, 3.05) is 5.32 Å². The molecule has 0 aromatic heterocycles. The van der Waals surface area contributed by atoms with Gasteiger partial charge in [-0.05, 0) is 35.6 Å². The van der Waals surface area contributed by atoms with Gasteiger partial charge in [-0.1, -0.05) is 57.2 Å². The maximum absolute atomic E-state index is 12.9. The molecule has 0 spiro atoms. The highest BCUT2D eigenvalue weighted by Crippen LogP contribution is 2.65. The van der Waals surface area contributed by atoms with E-state index in [1.165, 1.54) is 10.8 Å². The van der Waals surface area contributed by atoms with Crippen LogP contribution in [0.15, 0.2) is 54.2 Å². The fourth-order valence-electron chi connectivity index (χ4n) is 4.60. The topological polar surface area (TPSA) is 29.1 Å². The Labute approximate surface area is 137 Å². The minimum atomic E-state index is -0.191. The average Bonchev–Trinajstić information content (AvgIpc) is 2.86. The number of fused-ring (bicyclic) bond motifs is 3. The molecule has 4 rings (SSSR count). The molecule has 0 amide bonds. The minimum Gasteiger partial charge on any atom is -0.361 e. The Bertz CT molecular complexity index is 827. The highest BCUT2D eigenvalue weighted by Gasteiger charge is 2.63. The predicted molar refractivity (Wildman–Crippen MR) is 95.3 cm³/mol. The number of hydrogen-bond donors (Lipinski definition) is 1. The van der Waals surface area contributed by atoms with Crippen LogP contribution in [-0.4, -0.2) is 5.78 Å². The summed E-state index contributed by atoms with van der Waals surface area (Å²) < 4.78 is 0. The number of Topliss-reactive ketones (excluding diaryl/α,β-unsaturated/α-hetero) is 1. The molecule has 0 heterocycles. The lowest BCUT2D eigenvalue weighted by Gasteiger charge is -2.31. The van der Waals surface area contributed by atoms with Gasteiger partial charge in [0.1, 0.15) is 0 Å². The second-order valence-electron chi connectivity index (χ2n) is 7.74. The van der Waals surface area contributed by atoms with Crippen molar-refractivity contribution in [2.45, 2.75) is 33.6 Å². The van der Waals surface area contributed by atoms with Gasteiger partial charge in [0.25, 0.3) is 0 Å². The van der Waals surface area contributed by atoms with Gasteiger partial charge in [-0.15, -0.1) is 0 Å². The first kappa shape index (κ1) is 14.5. The van der Waals surface area contributed by atoms with E-state index in [0.717, 1.165) is 24.1 Å². The molecule has 2 heteroatoms. The highest BCUT2D eigenvalue weighted by molar-refractivity contribution is 6.05. The van der Waals surface area contributed by atoms with Gasteiger partial charge in [0, 0.05) is 28.3 Å². The molecule has 2 atom stereocenters. The molecule has 0 aliphatic heterocycles. The summed E-state index contributed by atoms with van der Waals surface area (Å²) in [5.41, 5.74) is 1.92. The second-order valence-corrected chi connectivity index (χ2v) is 7.74. The number of carbonyl (C=O) groups is 1. The first-order valence-electron chi connectivity index (χ1n) is 8.44. The van der Waals surface area contributed by atoms with Crippen LogP contribution in [0.1, 0.15) is 33.6 Å². The fraction of sp³-hybridized carbons (Fsp3) is 0.381. The van der Waals surface area contributed by atoms with Crippen molar-refractivity contribution >= 4 is 22.2 Å². The lowest BCUT2D eigenvalue weighted by Crippen LogP contribution is -2.32. The molecule has 23 heavy (non-hydrogen) atoms. The summed E-state index contributed by atoms with van der Waals surface area (Å²) in [7, 11) is 0. The summed E-state index contributed by atoms with van der Waals surface area (Å²) in [6, 6.07) is 14.6. The summed E-state index contributed by atoms with van der Waals surface area (Å²) in [5.74, 6) is 0.717. The number of benzene rings is 2. The molecular formula is C21H23NO. The van der Waals surface area contributed by atoms with Crippen molar-refractivity contribution in [2.24, 2.45) is 16.7 Å². The molecule has 2 fully saturated rings. The molecule has 1 N–H and O–H groups in total. The van der Waals surface area contributed by atoms with Crippen LogP contribution in [-0.2, 0) is 4.79 Å². The van der Waals surface area contributed by atoms with Gasteiger partial charge in [-0.3, -0.25) is 4.79 Å². The van der Waals surface area contributed by atoms with Crippen LogP contribution >= 0.6 is 0 Å². The van der Waals surface area contributed by atoms with Crippen LogP contribution in [0.5, 0.6) is 0 Å². The largest absolute Gasteiger partial charge is 0.361 e. The van der Waals surface area contributed by atoms with E-state index in [4.69, 9.17) is 0 Å². The Morgan fingerprint density at radius 1 is 1.09 bits per heavy atom. The molecular weight excluding hydrogens is 282 g/mol. The van der Waals surface area contributed by atoms with E-state index < -0.39 is 0 Å². The summed E-state index contributed by atoms with van der Waals surface area (Å²) >= 11 is 0. The SMILES string of the molecule is CC12CCC(/C(=C\Nc3cccc4ccccc34)C1=O)C2(C)C. The summed E-state index contributed by atoms with van der Waals surface area (Å²) in [6.45, 7) is 6.65. The van der Waals surface area contributed by atoms with E-state index in [1.807, 2.05) is 18.3 Å². The van der Waals surface area contributed by atoms with Gasteiger partial charge >= 0.3 is 0 Å². The normalized spacial score (nSPS) is 30.3.